The number of ketones is 1. The largest absolute Gasteiger partial charge is 0.481 e. The topological polar surface area (TPSA) is 106 Å². The number of H-pyrrole nitrogens is 1. The second kappa shape index (κ2) is 8.48. The quantitative estimate of drug-likeness (QED) is 0.602. The lowest BCUT2D eigenvalue weighted by molar-refractivity contribution is -0.123. The maximum absolute atomic E-state index is 15.0. The predicted molar refractivity (Wildman–Crippen MR) is 124 cm³/mol. The van der Waals surface area contributed by atoms with E-state index in [9.17, 15) is 14.4 Å². The molecule has 5 rings (SSSR count). The van der Waals surface area contributed by atoms with Crippen LogP contribution in [0.1, 0.15) is 64.8 Å². The van der Waals surface area contributed by atoms with Gasteiger partial charge in [0.05, 0.1) is 18.9 Å². The van der Waals surface area contributed by atoms with Crippen LogP contribution in [-0.2, 0) is 29.5 Å². The minimum atomic E-state index is -0.961. The van der Waals surface area contributed by atoms with Gasteiger partial charge in [-0.05, 0) is 47.1 Å². The fourth-order valence-electron chi connectivity index (χ4n) is 5.33. The third kappa shape index (κ3) is 4.05. The highest BCUT2D eigenvalue weighted by Gasteiger charge is 2.39. The predicted octanol–water partition coefficient (Wildman–Crippen LogP) is 3.29. The summed E-state index contributed by atoms with van der Waals surface area (Å²) in [5, 5.41) is 2.11. The molecular weight excluding hydrogens is 453 g/mol. The number of nitrogens with one attached hydrogen (secondary N) is 1. The molecular formula is C26H26FN3O5. The number of fused-ring (bicyclic) bond motifs is 2. The summed E-state index contributed by atoms with van der Waals surface area (Å²) in [6, 6.07) is 6.79. The number of aromatic amines is 1. The Morgan fingerprint density at radius 1 is 1.26 bits per heavy atom. The molecule has 1 aliphatic heterocycles. The molecule has 1 N–H and O–H groups in total. The van der Waals surface area contributed by atoms with Crippen LogP contribution in [-0.4, -0.2) is 40.4 Å². The van der Waals surface area contributed by atoms with Gasteiger partial charge in [-0.1, -0.05) is 19.9 Å². The van der Waals surface area contributed by atoms with E-state index < -0.39 is 17.5 Å². The van der Waals surface area contributed by atoms with Crippen LogP contribution in [0.15, 0.2) is 39.6 Å². The number of nitrogens with zero attached hydrogens (tertiary/aromatic N) is 2. The Balaban J connectivity index is 1.51. The molecule has 8 nitrogen and oxygen atoms in total. The highest BCUT2D eigenvalue weighted by atomic mass is 19.1. The summed E-state index contributed by atoms with van der Waals surface area (Å²) in [4.78, 5) is 44.3. The van der Waals surface area contributed by atoms with Crippen molar-refractivity contribution >= 4 is 11.7 Å². The summed E-state index contributed by atoms with van der Waals surface area (Å²) in [6.07, 6.45) is 1.96. The Kier molecular flexibility index (Phi) is 5.57. The zero-order chi connectivity index (χ0) is 24.9. The van der Waals surface area contributed by atoms with E-state index in [1.54, 1.807) is 12.1 Å². The molecule has 0 saturated carbocycles. The number of aromatic nitrogens is 2. The van der Waals surface area contributed by atoms with Crippen LogP contribution < -0.4 is 10.3 Å². The number of aryl methyl sites for hydroxylation is 1. The molecule has 0 fully saturated rings. The second-order valence-electron chi connectivity index (χ2n) is 9.76. The smallest absolute Gasteiger partial charge is 0.293 e. The zero-order valence-corrected chi connectivity index (χ0v) is 19.8. The molecule has 3 aromatic rings. The van der Waals surface area contributed by atoms with E-state index in [-0.39, 0.29) is 35.7 Å². The monoisotopic (exact) mass is 479 g/mol. The summed E-state index contributed by atoms with van der Waals surface area (Å²) < 4.78 is 25.3. The Morgan fingerprint density at radius 2 is 2.06 bits per heavy atom. The Hall–Kier alpha value is -3.75. The molecule has 182 valence electrons. The summed E-state index contributed by atoms with van der Waals surface area (Å²) in [5.74, 6) is -0.922. The fraction of sp³-hybridized carbons (Fsp3) is 0.385. The average Bonchev–Trinajstić information content (AvgIpc) is 3.39. The van der Waals surface area contributed by atoms with Crippen LogP contribution >= 0.6 is 0 Å². The molecule has 0 radical (unpaired) electrons. The van der Waals surface area contributed by atoms with Gasteiger partial charge in [0, 0.05) is 31.0 Å². The van der Waals surface area contributed by atoms with Crippen LogP contribution in [0.3, 0.4) is 0 Å². The number of benzene rings is 1. The van der Waals surface area contributed by atoms with E-state index in [0.717, 1.165) is 24.5 Å². The summed E-state index contributed by atoms with van der Waals surface area (Å²) in [6.45, 7) is 4.25. The number of rotatable bonds is 5. The number of carbonyl (C=O) groups is 2. The first-order valence-corrected chi connectivity index (χ1v) is 11.6. The molecule has 2 aliphatic rings. The van der Waals surface area contributed by atoms with Gasteiger partial charge in [0.1, 0.15) is 11.9 Å². The normalized spacial score (nSPS) is 18.2. The standard InChI is InChI=1S/C26H26FN3O5/c1-26(2)8-6-15-10-14(11-17(27)23(15)26)12-19(31)24-16-4-5-22(34-3)28-18(16)7-9-30(24)25(33)20-13-21(32)29-35-20/h4-5,10-11,13,24H,6-9,12H2,1-3H3,(H,29,32)/t24-/m1/s1. The first-order chi connectivity index (χ1) is 16.7. The third-order valence-corrected chi connectivity index (χ3v) is 7.00. The van der Waals surface area contributed by atoms with Crippen LogP contribution in [0.5, 0.6) is 5.88 Å². The molecule has 1 atom stereocenters. The fourth-order valence-corrected chi connectivity index (χ4v) is 5.33. The van der Waals surface area contributed by atoms with Gasteiger partial charge in [-0.25, -0.2) is 9.37 Å². The van der Waals surface area contributed by atoms with Gasteiger partial charge in [-0.3, -0.25) is 14.4 Å². The summed E-state index contributed by atoms with van der Waals surface area (Å²) in [7, 11) is 1.51. The van der Waals surface area contributed by atoms with Gasteiger partial charge in [0.2, 0.25) is 11.6 Å². The summed E-state index contributed by atoms with van der Waals surface area (Å²) in [5.41, 5.74) is 2.66. The van der Waals surface area contributed by atoms with E-state index in [0.29, 0.717) is 34.7 Å². The van der Waals surface area contributed by atoms with E-state index in [2.05, 4.69) is 10.1 Å². The zero-order valence-electron chi connectivity index (χ0n) is 19.8. The first kappa shape index (κ1) is 23.0. The maximum Gasteiger partial charge on any atom is 0.293 e. The summed E-state index contributed by atoms with van der Waals surface area (Å²) >= 11 is 0. The number of pyridine rings is 1. The van der Waals surface area contributed by atoms with E-state index >= 15 is 4.39 Å². The number of amides is 1. The van der Waals surface area contributed by atoms with Gasteiger partial charge >= 0.3 is 0 Å². The molecule has 0 spiro atoms. The lowest BCUT2D eigenvalue weighted by Crippen LogP contribution is -2.44. The van der Waals surface area contributed by atoms with Crippen molar-refractivity contribution in [1.82, 2.24) is 15.0 Å². The lowest BCUT2D eigenvalue weighted by Gasteiger charge is -2.35. The van der Waals surface area contributed by atoms with Crippen molar-refractivity contribution in [1.29, 1.82) is 0 Å². The van der Waals surface area contributed by atoms with E-state index in [1.807, 2.05) is 19.9 Å². The molecule has 0 unspecified atom stereocenters. The minimum absolute atomic E-state index is 0.0539. The van der Waals surface area contributed by atoms with Crippen molar-refractivity contribution in [3.05, 3.63) is 80.2 Å². The number of methoxy groups -OCH3 is 1. The van der Waals surface area contributed by atoms with Gasteiger partial charge < -0.3 is 14.2 Å². The Morgan fingerprint density at radius 3 is 2.77 bits per heavy atom. The SMILES string of the molecule is COc1ccc2c(n1)CCN(C(=O)c1cc(=O)[nH]o1)[C@H]2C(=O)Cc1cc(F)c2c(c1)CCC2(C)C. The van der Waals surface area contributed by atoms with Gasteiger partial charge in [0.25, 0.3) is 11.5 Å². The molecule has 1 amide bonds. The van der Waals surface area contributed by atoms with Crippen LogP contribution in [0.2, 0.25) is 0 Å². The molecule has 2 aromatic heterocycles. The van der Waals surface area contributed by atoms with Crippen molar-refractivity contribution in [2.75, 3.05) is 13.7 Å². The minimum Gasteiger partial charge on any atom is -0.481 e. The van der Waals surface area contributed by atoms with Gasteiger partial charge in [0.15, 0.2) is 5.78 Å². The second-order valence-corrected chi connectivity index (χ2v) is 9.76. The highest BCUT2D eigenvalue weighted by molar-refractivity contribution is 5.97. The van der Waals surface area contributed by atoms with Crippen molar-refractivity contribution < 1.29 is 23.2 Å². The Bertz CT molecular complexity index is 1390. The number of ether oxygens (including phenoxy) is 1. The first-order valence-electron chi connectivity index (χ1n) is 11.6. The highest BCUT2D eigenvalue weighted by Crippen LogP contribution is 2.41. The Labute approximate surface area is 201 Å². The van der Waals surface area contributed by atoms with Crippen molar-refractivity contribution in [2.45, 2.75) is 51.0 Å². The molecule has 0 bridgehead atoms. The number of hydrogen-bond donors (Lipinski definition) is 1. The number of Topliss-reactive ketones (excluding diaryl/α,β-unsaturated/α-hetero) is 1. The average molecular weight is 480 g/mol. The molecule has 1 aliphatic carbocycles. The van der Waals surface area contributed by atoms with Crippen molar-refractivity contribution in [2.24, 2.45) is 0 Å². The molecule has 1 aromatic carbocycles. The number of carbonyl (C=O) groups excluding carboxylic acids is 2. The van der Waals surface area contributed by atoms with Crippen LogP contribution in [0, 0.1) is 5.82 Å². The van der Waals surface area contributed by atoms with Crippen LogP contribution in [0.25, 0.3) is 0 Å². The van der Waals surface area contributed by atoms with Crippen molar-refractivity contribution in [3.63, 3.8) is 0 Å². The van der Waals surface area contributed by atoms with Crippen molar-refractivity contribution in [3.8, 4) is 5.88 Å². The number of halogens is 1. The van der Waals surface area contributed by atoms with E-state index in [1.165, 1.54) is 18.1 Å². The van der Waals surface area contributed by atoms with Crippen LogP contribution in [0.4, 0.5) is 4.39 Å². The maximum atomic E-state index is 15.0. The molecule has 0 saturated heterocycles. The number of hydrogen-bond acceptors (Lipinski definition) is 6. The molecule has 9 heteroatoms. The molecule has 3 heterocycles. The molecule has 35 heavy (non-hydrogen) atoms. The van der Waals surface area contributed by atoms with Gasteiger partial charge in [-0.2, -0.15) is 5.16 Å². The van der Waals surface area contributed by atoms with Gasteiger partial charge in [-0.15, -0.1) is 0 Å². The van der Waals surface area contributed by atoms with E-state index in [4.69, 9.17) is 9.26 Å². The lowest BCUT2D eigenvalue weighted by atomic mass is 9.85. The third-order valence-electron chi connectivity index (χ3n) is 7.00.